The predicted molar refractivity (Wildman–Crippen MR) is 188 cm³/mol. The Morgan fingerprint density at radius 3 is 2.36 bits per heavy atom. The molecule has 1 N–H and O–H groups in total. The van der Waals surface area contributed by atoms with E-state index in [1.165, 1.54) is 12.1 Å². The Kier molecular flexibility index (Phi) is 12.3. The number of nitrogens with zero attached hydrogens (tertiary/aromatic N) is 6. The number of aliphatic hydroxyl groups excluding tert-OH is 1. The van der Waals surface area contributed by atoms with E-state index in [-0.39, 0.29) is 30.3 Å². The summed E-state index contributed by atoms with van der Waals surface area (Å²) in [6.07, 6.45) is 7.17. The molecule has 4 heterocycles. The second kappa shape index (κ2) is 16.7. The van der Waals surface area contributed by atoms with Crippen LogP contribution in [0.15, 0.2) is 48.4 Å². The van der Waals surface area contributed by atoms with Gasteiger partial charge in [-0.15, -0.1) is 0 Å². The zero-order chi connectivity index (χ0) is 35.9. The van der Waals surface area contributed by atoms with Crippen molar-refractivity contribution >= 4 is 29.7 Å². The number of halogens is 1. The molecule has 0 aliphatic carbocycles. The monoisotopic (exact) mass is 694 g/mol. The molecule has 3 aliphatic heterocycles. The van der Waals surface area contributed by atoms with Crippen LogP contribution in [0.5, 0.6) is 0 Å². The molecule has 5 rings (SSSR count). The minimum absolute atomic E-state index is 0.0873. The quantitative estimate of drug-likeness (QED) is 0.367. The average Bonchev–Trinajstić information content (AvgIpc) is 3.53. The summed E-state index contributed by atoms with van der Waals surface area (Å²) >= 11 is 0. The van der Waals surface area contributed by atoms with Crippen molar-refractivity contribution in [2.75, 3.05) is 64.3 Å². The number of aryl methyl sites for hydroxylation is 1. The number of piperazine rings is 2. The van der Waals surface area contributed by atoms with Crippen molar-refractivity contribution in [1.29, 1.82) is 0 Å². The molecule has 3 aliphatic rings. The molecule has 12 nitrogen and oxygen atoms in total. The third-order valence-corrected chi connectivity index (χ3v) is 9.86. The van der Waals surface area contributed by atoms with Crippen LogP contribution in [0.3, 0.4) is 0 Å². The Labute approximate surface area is 294 Å². The van der Waals surface area contributed by atoms with Gasteiger partial charge in [0.25, 0.3) is 5.91 Å². The van der Waals surface area contributed by atoms with E-state index in [0.717, 1.165) is 13.1 Å². The van der Waals surface area contributed by atoms with Crippen molar-refractivity contribution in [1.82, 2.24) is 24.3 Å². The lowest BCUT2D eigenvalue weighted by atomic mass is 9.91. The van der Waals surface area contributed by atoms with E-state index in [1.807, 2.05) is 64.1 Å². The number of anilines is 1. The van der Waals surface area contributed by atoms with E-state index in [0.29, 0.717) is 74.6 Å². The van der Waals surface area contributed by atoms with Gasteiger partial charge in [0.2, 0.25) is 0 Å². The van der Waals surface area contributed by atoms with E-state index >= 15 is 4.39 Å². The molecule has 0 unspecified atom stereocenters. The van der Waals surface area contributed by atoms with Crippen molar-refractivity contribution < 1.29 is 33.4 Å². The van der Waals surface area contributed by atoms with Crippen LogP contribution in [0.25, 0.3) is 6.08 Å². The molecular weight excluding hydrogens is 643 g/mol. The predicted octanol–water partition coefficient (Wildman–Crippen LogP) is 3.96. The Hall–Kier alpha value is -4.23. The molecule has 0 radical (unpaired) electrons. The Morgan fingerprint density at radius 2 is 1.68 bits per heavy atom. The maximum atomic E-state index is 15.0. The van der Waals surface area contributed by atoms with E-state index < -0.39 is 30.1 Å². The van der Waals surface area contributed by atoms with Crippen molar-refractivity contribution in [3.63, 3.8) is 0 Å². The molecule has 0 bridgehead atoms. The molecule has 50 heavy (non-hydrogen) atoms. The van der Waals surface area contributed by atoms with E-state index in [2.05, 4.69) is 9.88 Å². The molecular formula is C37H51FN6O6. The smallest absolute Gasteiger partial charge is 0.410 e. The summed E-state index contributed by atoms with van der Waals surface area (Å²) in [5.41, 5.74) is 2.40. The van der Waals surface area contributed by atoms with Crippen molar-refractivity contribution in [2.24, 2.45) is 18.9 Å². The zero-order valence-corrected chi connectivity index (χ0v) is 29.8. The fourth-order valence-electron chi connectivity index (χ4n) is 6.69. The highest BCUT2D eigenvalue weighted by Crippen LogP contribution is 2.28. The van der Waals surface area contributed by atoms with E-state index in [1.54, 1.807) is 26.9 Å². The maximum absolute atomic E-state index is 15.0. The molecule has 2 saturated heterocycles. The van der Waals surface area contributed by atoms with Gasteiger partial charge in [-0.1, -0.05) is 26.0 Å². The van der Waals surface area contributed by atoms with Gasteiger partial charge in [0, 0.05) is 77.2 Å². The number of amides is 2. The van der Waals surface area contributed by atoms with Gasteiger partial charge >= 0.3 is 12.1 Å². The van der Waals surface area contributed by atoms with Crippen LogP contribution in [0.4, 0.5) is 14.9 Å². The van der Waals surface area contributed by atoms with Crippen LogP contribution in [-0.2, 0) is 21.3 Å². The number of aliphatic hydroxyl groups is 1. The van der Waals surface area contributed by atoms with Crippen molar-refractivity contribution in [2.45, 2.75) is 58.3 Å². The van der Waals surface area contributed by atoms with Crippen molar-refractivity contribution in [3.05, 3.63) is 65.5 Å². The number of hydrogen-bond donors (Lipinski definition) is 1. The van der Waals surface area contributed by atoms with Gasteiger partial charge in [0.05, 0.1) is 18.9 Å². The topological polar surface area (TPSA) is 121 Å². The first kappa shape index (κ1) is 37.0. The van der Waals surface area contributed by atoms with Crippen LogP contribution < -0.4 is 4.90 Å². The summed E-state index contributed by atoms with van der Waals surface area (Å²) in [4.78, 5) is 50.8. The summed E-state index contributed by atoms with van der Waals surface area (Å²) in [7, 11) is 3.84. The number of imidazole rings is 1. The number of esters is 1. The first-order valence-electron chi connectivity index (χ1n) is 17.6. The third-order valence-electron chi connectivity index (χ3n) is 9.86. The first-order valence-corrected chi connectivity index (χ1v) is 17.6. The molecule has 1 aromatic carbocycles. The molecule has 5 atom stereocenters. The Morgan fingerprint density at radius 1 is 0.980 bits per heavy atom. The maximum Gasteiger partial charge on any atom is 0.410 e. The molecule has 2 amide bonds. The number of ether oxygens (including phenoxy) is 2. The Balaban J connectivity index is 1.31. The lowest BCUT2D eigenvalue weighted by Gasteiger charge is -2.36. The van der Waals surface area contributed by atoms with Gasteiger partial charge in [-0.25, -0.2) is 14.2 Å². The molecule has 2 aromatic rings. The highest BCUT2D eigenvalue weighted by Gasteiger charge is 2.30. The summed E-state index contributed by atoms with van der Waals surface area (Å²) in [6, 6.07) is 4.81. The lowest BCUT2D eigenvalue weighted by molar-refractivity contribution is -0.151. The summed E-state index contributed by atoms with van der Waals surface area (Å²) in [5.74, 6) is -1.45. The second-order valence-corrected chi connectivity index (χ2v) is 14.0. The van der Waals surface area contributed by atoms with Crippen LogP contribution in [0.2, 0.25) is 0 Å². The van der Waals surface area contributed by atoms with Gasteiger partial charge in [-0.3, -0.25) is 9.59 Å². The number of hydrogen-bond acceptors (Lipinski definition) is 9. The minimum atomic E-state index is -0.895. The fraction of sp³-hybridized carbons (Fsp3) is 0.568. The number of aromatic nitrogens is 2. The van der Waals surface area contributed by atoms with Gasteiger partial charge in [0.1, 0.15) is 23.7 Å². The third kappa shape index (κ3) is 9.72. The van der Waals surface area contributed by atoms with Crippen LogP contribution in [0, 0.1) is 17.7 Å². The summed E-state index contributed by atoms with van der Waals surface area (Å²) < 4.78 is 28.7. The van der Waals surface area contributed by atoms with Crippen LogP contribution in [0.1, 0.15) is 56.1 Å². The van der Waals surface area contributed by atoms with Gasteiger partial charge in [0.15, 0.2) is 0 Å². The SMILES string of the molecule is C/C(=C\c1cc(F)cc(N2CCN(C(=O)c3cn(C)cn3)CC2)c1)[C@H]1OC(=O)C[C@H](O)CC[C@H](C)[C@@H](OC(=O)N2CCN(C)CC2)/C=C/[C@@H]1C. The minimum Gasteiger partial charge on any atom is -0.457 e. The number of rotatable bonds is 5. The first-order chi connectivity index (χ1) is 23.9. The van der Waals surface area contributed by atoms with Crippen LogP contribution in [-0.4, -0.2) is 125 Å². The van der Waals surface area contributed by atoms with Gasteiger partial charge in [-0.05, 0) is 68.1 Å². The van der Waals surface area contributed by atoms with Crippen LogP contribution >= 0.6 is 0 Å². The normalized spacial score (nSPS) is 26.9. The molecule has 13 heteroatoms. The summed E-state index contributed by atoms with van der Waals surface area (Å²) in [6.45, 7) is 10.5. The fourth-order valence-corrected chi connectivity index (χ4v) is 6.69. The number of cyclic esters (lactones) is 1. The number of benzene rings is 1. The van der Waals surface area contributed by atoms with Gasteiger partial charge < -0.3 is 38.7 Å². The molecule has 272 valence electrons. The molecule has 0 spiro atoms. The van der Waals surface area contributed by atoms with E-state index in [9.17, 15) is 19.5 Å². The van der Waals surface area contributed by atoms with E-state index in [4.69, 9.17) is 9.47 Å². The lowest BCUT2D eigenvalue weighted by Crippen LogP contribution is -2.49. The highest BCUT2D eigenvalue weighted by molar-refractivity contribution is 5.92. The molecule has 0 saturated carbocycles. The summed E-state index contributed by atoms with van der Waals surface area (Å²) in [5, 5.41) is 10.7. The second-order valence-electron chi connectivity index (χ2n) is 14.0. The zero-order valence-electron chi connectivity index (χ0n) is 29.8. The highest BCUT2D eigenvalue weighted by atomic mass is 19.1. The largest absolute Gasteiger partial charge is 0.457 e. The molecule has 1 aromatic heterocycles. The number of likely N-dealkylation sites (N-methyl/N-ethyl adjacent to an activating group) is 1. The number of carbonyl (C=O) groups is 3. The standard InChI is InChI=1S/C37H51FN6O6/c1-25-6-8-31(45)22-34(46)50-35(26(2)7-9-33(25)49-37(48)44-12-10-40(4)11-13-44)27(3)18-28-19-29(38)21-30(20-28)42-14-16-43(17-15-42)36(47)32-23-41(5)24-39-32/h7,9,18-21,23-26,31,33,35,45H,6,8,10-17,22H2,1-5H3/b9-7+,27-18+/t25-,26-,31+,33-,35-/m0/s1. The number of carbonyl (C=O) groups excluding carboxylic acids is 3. The average molecular weight is 695 g/mol. The molecule has 2 fully saturated rings. The van der Waals surface area contributed by atoms with Gasteiger partial charge in [-0.2, -0.15) is 0 Å². The Bertz CT molecular complexity index is 1560. The van der Waals surface area contributed by atoms with Crippen molar-refractivity contribution in [3.8, 4) is 0 Å².